The lowest BCUT2D eigenvalue weighted by Crippen LogP contribution is -2.53. The lowest BCUT2D eigenvalue weighted by Gasteiger charge is -2.22. The van der Waals surface area contributed by atoms with Crippen molar-refractivity contribution in [1.82, 2.24) is 10.6 Å². The van der Waals surface area contributed by atoms with Gasteiger partial charge in [0.05, 0.1) is 25.1 Å². The molecule has 1 aromatic heterocycles. The van der Waals surface area contributed by atoms with Crippen molar-refractivity contribution in [3.05, 3.63) is 16.0 Å². The predicted molar refractivity (Wildman–Crippen MR) is 90.3 cm³/mol. The first kappa shape index (κ1) is 16.9. The zero-order chi connectivity index (χ0) is 17.1. The van der Waals surface area contributed by atoms with Crippen LogP contribution in [0.15, 0.2) is 0 Å². The van der Waals surface area contributed by atoms with Gasteiger partial charge in [0, 0.05) is 18.0 Å². The first-order valence-corrected chi connectivity index (χ1v) is 8.95. The minimum absolute atomic E-state index is 0.0367. The van der Waals surface area contributed by atoms with E-state index in [1.807, 2.05) is 0 Å². The molecular formula is C16H21N3O4S. The fourth-order valence-corrected chi connectivity index (χ4v) is 4.44. The third kappa shape index (κ3) is 3.44. The molecule has 0 bridgehead atoms. The van der Waals surface area contributed by atoms with Crippen LogP contribution >= 0.6 is 11.3 Å². The predicted octanol–water partition coefficient (Wildman–Crippen LogP) is 0.830. The molecule has 1 aliphatic heterocycles. The van der Waals surface area contributed by atoms with Crippen molar-refractivity contribution >= 4 is 34.1 Å². The summed E-state index contributed by atoms with van der Waals surface area (Å²) in [5, 5.41) is 9.10. The number of rotatable bonds is 4. The maximum Gasteiger partial charge on any atom is 0.341 e. The normalized spacial score (nSPS) is 20.0. The Hall–Kier alpha value is -1.93. The molecule has 1 fully saturated rings. The molecule has 2 heterocycles. The average Bonchev–Trinajstić information content (AvgIpc) is 2.94. The molecule has 24 heavy (non-hydrogen) atoms. The third-order valence-electron chi connectivity index (χ3n) is 4.33. The number of esters is 1. The van der Waals surface area contributed by atoms with Crippen molar-refractivity contribution in [2.45, 2.75) is 38.1 Å². The van der Waals surface area contributed by atoms with E-state index in [1.54, 1.807) is 0 Å². The van der Waals surface area contributed by atoms with Crippen molar-refractivity contribution in [3.8, 4) is 0 Å². The Labute approximate surface area is 144 Å². The Morgan fingerprint density at radius 1 is 1.29 bits per heavy atom. The van der Waals surface area contributed by atoms with E-state index in [0.29, 0.717) is 23.7 Å². The number of fused-ring (bicyclic) bond motifs is 1. The highest BCUT2D eigenvalue weighted by atomic mass is 32.1. The fraction of sp³-hybridized carbons (Fsp3) is 0.562. The first-order valence-electron chi connectivity index (χ1n) is 8.14. The number of methoxy groups -OCH3 is 1. The standard InChI is InChI=1S/C16H21N3O4S/c1-23-16(22)13-9-4-2-3-5-11(9)24-15(13)19-12(20)8-10-14(21)18-7-6-17-10/h10,17H,2-8H2,1H3,(H,18,21)(H,19,20)/t10-/m0/s1. The number of hydrogen-bond acceptors (Lipinski definition) is 6. The summed E-state index contributed by atoms with van der Waals surface area (Å²) in [5.41, 5.74) is 1.48. The minimum Gasteiger partial charge on any atom is -0.465 e. The number of anilines is 1. The maximum atomic E-state index is 12.3. The van der Waals surface area contributed by atoms with Crippen LogP contribution < -0.4 is 16.0 Å². The molecule has 1 saturated heterocycles. The van der Waals surface area contributed by atoms with E-state index in [9.17, 15) is 14.4 Å². The van der Waals surface area contributed by atoms with Crippen LogP contribution in [0.3, 0.4) is 0 Å². The fourth-order valence-electron chi connectivity index (χ4n) is 3.15. The Balaban J connectivity index is 1.76. The molecule has 0 aromatic carbocycles. The highest BCUT2D eigenvalue weighted by molar-refractivity contribution is 7.17. The molecule has 8 heteroatoms. The Morgan fingerprint density at radius 3 is 2.83 bits per heavy atom. The molecule has 1 aromatic rings. The largest absolute Gasteiger partial charge is 0.465 e. The zero-order valence-corrected chi connectivity index (χ0v) is 14.4. The molecule has 0 radical (unpaired) electrons. The van der Waals surface area contributed by atoms with Gasteiger partial charge in [-0.15, -0.1) is 11.3 Å². The summed E-state index contributed by atoms with van der Waals surface area (Å²) in [4.78, 5) is 37.4. The van der Waals surface area contributed by atoms with Crippen LogP contribution in [0.5, 0.6) is 0 Å². The summed E-state index contributed by atoms with van der Waals surface area (Å²) >= 11 is 1.44. The van der Waals surface area contributed by atoms with Crippen LogP contribution in [0.4, 0.5) is 5.00 Å². The van der Waals surface area contributed by atoms with Gasteiger partial charge in [0.25, 0.3) is 0 Å². The molecule has 0 unspecified atom stereocenters. The molecule has 1 atom stereocenters. The molecule has 1 aliphatic carbocycles. The van der Waals surface area contributed by atoms with E-state index in [-0.39, 0.29) is 18.2 Å². The highest BCUT2D eigenvalue weighted by Gasteiger charge is 2.29. The smallest absolute Gasteiger partial charge is 0.341 e. The molecule has 2 aliphatic rings. The number of nitrogens with one attached hydrogen (secondary N) is 3. The van der Waals surface area contributed by atoms with Crippen molar-refractivity contribution in [2.75, 3.05) is 25.5 Å². The number of amides is 2. The van der Waals surface area contributed by atoms with Gasteiger partial charge in [-0.3, -0.25) is 9.59 Å². The SMILES string of the molecule is COC(=O)c1c(NC(=O)C[C@@H]2NCCNC2=O)sc2c1CCCC2. The van der Waals surface area contributed by atoms with Gasteiger partial charge < -0.3 is 20.7 Å². The topological polar surface area (TPSA) is 96.5 Å². The molecule has 130 valence electrons. The van der Waals surface area contributed by atoms with Gasteiger partial charge in [-0.25, -0.2) is 4.79 Å². The van der Waals surface area contributed by atoms with Crippen molar-refractivity contribution in [2.24, 2.45) is 0 Å². The number of carbonyl (C=O) groups excluding carboxylic acids is 3. The summed E-state index contributed by atoms with van der Waals surface area (Å²) < 4.78 is 4.89. The number of piperazine rings is 1. The van der Waals surface area contributed by atoms with Crippen LogP contribution in [0.1, 0.15) is 40.1 Å². The highest BCUT2D eigenvalue weighted by Crippen LogP contribution is 2.38. The van der Waals surface area contributed by atoms with Crippen LogP contribution in [-0.2, 0) is 27.2 Å². The summed E-state index contributed by atoms with van der Waals surface area (Å²) in [6, 6.07) is -0.532. The molecule has 3 N–H and O–H groups in total. The van der Waals surface area contributed by atoms with Gasteiger partial charge in [-0.05, 0) is 31.2 Å². The van der Waals surface area contributed by atoms with E-state index in [4.69, 9.17) is 4.74 Å². The van der Waals surface area contributed by atoms with Gasteiger partial charge in [0.2, 0.25) is 11.8 Å². The summed E-state index contributed by atoms with van der Waals surface area (Å²) in [6.07, 6.45) is 3.92. The van der Waals surface area contributed by atoms with E-state index in [2.05, 4.69) is 16.0 Å². The van der Waals surface area contributed by atoms with Crippen molar-refractivity contribution in [1.29, 1.82) is 0 Å². The van der Waals surface area contributed by atoms with Gasteiger partial charge in [0.1, 0.15) is 5.00 Å². The van der Waals surface area contributed by atoms with Crippen LogP contribution in [0.2, 0.25) is 0 Å². The average molecular weight is 351 g/mol. The van der Waals surface area contributed by atoms with Crippen LogP contribution in [-0.4, -0.2) is 44.0 Å². The molecule has 7 nitrogen and oxygen atoms in total. The van der Waals surface area contributed by atoms with Gasteiger partial charge >= 0.3 is 5.97 Å². The number of aryl methyl sites for hydroxylation is 1. The number of carbonyl (C=O) groups is 3. The van der Waals surface area contributed by atoms with E-state index in [0.717, 1.165) is 36.1 Å². The first-order chi connectivity index (χ1) is 11.6. The number of hydrogen-bond donors (Lipinski definition) is 3. The summed E-state index contributed by atoms with van der Waals surface area (Å²) in [7, 11) is 1.34. The second-order valence-electron chi connectivity index (χ2n) is 5.96. The minimum atomic E-state index is -0.532. The van der Waals surface area contributed by atoms with E-state index < -0.39 is 12.0 Å². The lowest BCUT2D eigenvalue weighted by atomic mass is 9.95. The second-order valence-corrected chi connectivity index (χ2v) is 7.06. The quantitative estimate of drug-likeness (QED) is 0.698. The molecule has 3 rings (SSSR count). The van der Waals surface area contributed by atoms with Crippen LogP contribution in [0.25, 0.3) is 0 Å². The van der Waals surface area contributed by atoms with E-state index in [1.165, 1.54) is 18.4 Å². The number of ether oxygens (including phenoxy) is 1. The molecular weight excluding hydrogens is 330 g/mol. The summed E-state index contributed by atoms with van der Waals surface area (Å²) in [5.74, 6) is -0.874. The van der Waals surface area contributed by atoms with Gasteiger partial charge in [0.15, 0.2) is 0 Å². The molecule has 0 saturated carbocycles. The van der Waals surface area contributed by atoms with Crippen molar-refractivity contribution < 1.29 is 19.1 Å². The van der Waals surface area contributed by atoms with Gasteiger partial charge in [-0.1, -0.05) is 0 Å². The number of thiophene rings is 1. The third-order valence-corrected chi connectivity index (χ3v) is 5.54. The molecule has 0 spiro atoms. The Morgan fingerprint density at radius 2 is 2.08 bits per heavy atom. The van der Waals surface area contributed by atoms with Crippen LogP contribution in [0, 0.1) is 0 Å². The second kappa shape index (κ2) is 7.31. The van der Waals surface area contributed by atoms with Crippen molar-refractivity contribution in [3.63, 3.8) is 0 Å². The molecule has 2 amide bonds. The monoisotopic (exact) mass is 351 g/mol. The van der Waals surface area contributed by atoms with Gasteiger partial charge in [-0.2, -0.15) is 0 Å². The summed E-state index contributed by atoms with van der Waals surface area (Å²) in [6.45, 7) is 1.21. The van der Waals surface area contributed by atoms with E-state index >= 15 is 0 Å². The zero-order valence-electron chi connectivity index (χ0n) is 13.6. The lowest BCUT2D eigenvalue weighted by molar-refractivity contribution is -0.127. The Bertz CT molecular complexity index is 671. The maximum absolute atomic E-state index is 12.3. The Kier molecular flexibility index (Phi) is 5.15.